The Labute approximate surface area is 103 Å². The van der Waals surface area contributed by atoms with Gasteiger partial charge in [-0.25, -0.2) is 0 Å². The number of likely N-dealkylation sites (N-methyl/N-ethyl adjacent to an activating group) is 1. The van der Waals surface area contributed by atoms with Gasteiger partial charge in [0.1, 0.15) is 0 Å². The third-order valence-electron chi connectivity index (χ3n) is 3.40. The number of hydrogen-bond acceptors (Lipinski definition) is 2. The molecule has 0 radical (unpaired) electrons. The lowest BCUT2D eigenvalue weighted by molar-refractivity contribution is -0.633. The van der Waals surface area contributed by atoms with E-state index in [1.54, 1.807) is 12.4 Å². The van der Waals surface area contributed by atoms with E-state index in [4.69, 9.17) is 0 Å². The molecule has 1 aliphatic carbocycles. The molecule has 2 atom stereocenters. The Hall–Kier alpha value is -1.10. The minimum absolute atomic E-state index is 0.0349. The summed E-state index contributed by atoms with van der Waals surface area (Å²) >= 11 is 0. The van der Waals surface area contributed by atoms with E-state index in [9.17, 15) is 9.59 Å². The summed E-state index contributed by atoms with van der Waals surface area (Å²) in [4.78, 5) is 22.6. The van der Waals surface area contributed by atoms with Gasteiger partial charge in [0.05, 0.1) is 0 Å². The van der Waals surface area contributed by atoms with Crippen molar-refractivity contribution in [2.24, 2.45) is 5.92 Å². The van der Waals surface area contributed by atoms with Gasteiger partial charge in [0.25, 0.3) is 11.8 Å². The molecule has 0 aromatic carbocycles. The fourth-order valence-electron chi connectivity index (χ4n) is 2.23. The molecule has 0 aliphatic heterocycles. The van der Waals surface area contributed by atoms with E-state index in [2.05, 4.69) is 17.6 Å². The first-order valence-electron chi connectivity index (χ1n) is 6.45. The fourth-order valence-corrected chi connectivity index (χ4v) is 2.23. The van der Waals surface area contributed by atoms with Crippen LogP contribution in [0.3, 0.4) is 0 Å². The van der Waals surface area contributed by atoms with Crippen LogP contribution in [0.4, 0.5) is 0 Å². The third kappa shape index (κ3) is 5.17. The summed E-state index contributed by atoms with van der Waals surface area (Å²) in [5.41, 5.74) is 0. The van der Waals surface area contributed by atoms with Gasteiger partial charge in [-0.15, -0.1) is 0 Å². The van der Waals surface area contributed by atoms with E-state index < -0.39 is 0 Å². The molecule has 0 aromatic rings. The van der Waals surface area contributed by atoms with Crippen molar-refractivity contribution in [2.45, 2.75) is 38.6 Å². The van der Waals surface area contributed by atoms with Gasteiger partial charge in [-0.3, -0.25) is 9.59 Å². The van der Waals surface area contributed by atoms with Crippen molar-refractivity contribution >= 4 is 11.8 Å². The largest absolute Gasteiger partial charge is 0.354 e. The molecule has 1 aliphatic rings. The second kappa shape index (κ2) is 7.27. The number of carbonyl (C=O) groups excluding carboxylic acids is 2. The first-order valence-corrected chi connectivity index (χ1v) is 6.45. The summed E-state index contributed by atoms with van der Waals surface area (Å²) in [6.45, 7) is 2.83. The molecule has 1 fully saturated rings. The lowest BCUT2D eigenvalue weighted by Gasteiger charge is -2.29. The molecule has 98 valence electrons. The van der Waals surface area contributed by atoms with Crippen molar-refractivity contribution in [2.75, 3.05) is 20.1 Å². The second-order valence-corrected chi connectivity index (χ2v) is 4.81. The van der Waals surface area contributed by atoms with E-state index in [1.165, 1.54) is 19.3 Å². The highest BCUT2D eigenvalue weighted by atomic mass is 16.2. The Kier molecular flexibility index (Phi) is 5.97. The molecule has 5 nitrogen and oxygen atoms in total. The second-order valence-electron chi connectivity index (χ2n) is 4.81. The van der Waals surface area contributed by atoms with Gasteiger partial charge in [-0.1, -0.05) is 19.8 Å². The van der Waals surface area contributed by atoms with Crippen molar-refractivity contribution in [3.63, 3.8) is 0 Å². The number of nitrogens with two attached hydrogens (primary N) is 1. The average Bonchev–Trinajstić information content (AvgIpc) is 2.32. The Morgan fingerprint density at radius 1 is 1.18 bits per heavy atom. The average molecular weight is 242 g/mol. The lowest BCUT2D eigenvalue weighted by Crippen LogP contribution is -2.88. The van der Waals surface area contributed by atoms with Crippen LogP contribution < -0.4 is 16.0 Å². The van der Waals surface area contributed by atoms with Crippen LogP contribution in [0.5, 0.6) is 0 Å². The molecule has 0 heterocycles. The highest BCUT2D eigenvalue weighted by Crippen LogP contribution is 2.23. The van der Waals surface area contributed by atoms with E-state index in [1.807, 2.05) is 0 Å². The van der Waals surface area contributed by atoms with Crippen LogP contribution in [0, 0.1) is 5.92 Å². The first kappa shape index (κ1) is 14.0. The predicted octanol–water partition coefficient (Wildman–Crippen LogP) is -1.01. The number of nitrogens with one attached hydrogen (secondary N) is 2. The van der Waals surface area contributed by atoms with Crippen LogP contribution in [0.25, 0.3) is 0 Å². The van der Waals surface area contributed by atoms with Gasteiger partial charge in [0.15, 0.2) is 13.1 Å². The molecular formula is C12H24N3O2+. The van der Waals surface area contributed by atoms with Crippen molar-refractivity contribution in [1.82, 2.24) is 10.6 Å². The highest BCUT2D eigenvalue weighted by Gasteiger charge is 2.23. The van der Waals surface area contributed by atoms with Crippen molar-refractivity contribution in [1.29, 1.82) is 0 Å². The molecule has 1 rings (SSSR count). The summed E-state index contributed by atoms with van der Waals surface area (Å²) in [6.07, 6.45) is 4.77. The molecule has 2 amide bonds. The molecule has 4 N–H and O–H groups in total. The molecule has 17 heavy (non-hydrogen) atoms. The van der Waals surface area contributed by atoms with E-state index in [0.29, 0.717) is 25.0 Å². The summed E-state index contributed by atoms with van der Waals surface area (Å²) in [5.74, 6) is 0.558. The SMILES string of the molecule is CNC(=O)C[NH2+]CC(=O)N[C@H]1CCCC[C@H]1C. The van der Waals surface area contributed by atoms with Crippen LogP contribution in [-0.2, 0) is 9.59 Å². The monoisotopic (exact) mass is 242 g/mol. The van der Waals surface area contributed by atoms with Gasteiger partial charge < -0.3 is 16.0 Å². The molecule has 0 saturated heterocycles. The predicted molar refractivity (Wildman–Crippen MR) is 65.3 cm³/mol. The van der Waals surface area contributed by atoms with Crippen molar-refractivity contribution in [3.05, 3.63) is 0 Å². The third-order valence-corrected chi connectivity index (χ3v) is 3.40. The highest BCUT2D eigenvalue weighted by molar-refractivity contribution is 5.78. The number of carbonyl (C=O) groups is 2. The molecule has 5 heteroatoms. The summed E-state index contributed by atoms with van der Waals surface area (Å²) in [5, 5.41) is 7.31. The van der Waals surface area contributed by atoms with Gasteiger partial charge in [0.2, 0.25) is 0 Å². The van der Waals surface area contributed by atoms with E-state index in [-0.39, 0.29) is 11.8 Å². The maximum Gasteiger partial charge on any atom is 0.275 e. The van der Waals surface area contributed by atoms with Gasteiger partial charge in [-0.05, 0) is 18.8 Å². The lowest BCUT2D eigenvalue weighted by atomic mass is 9.86. The zero-order chi connectivity index (χ0) is 12.7. The molecule has 0 aromatic heterocycles. The number of quaternary nitrogens is 1. The summed E-state index contributed by atoms with van der Waals surface area (Å²) in [6, 6.07) is 0.324. The quantitative estimate of drug-likeness (QED) is 0.578. The first-order chi connectivity index (χ1) is 8.13. The van der Waals surface area contributed by atoms with E-state index in [0.717, 1.165) is 6.42 Å². The normalized spacial score (nSPS) is 24.1. The van der Waals surface area contributed by atoms with Crippen LogP contribution in [0.1, 0.15) is 32.6 Å². The molecule has 0 bridgehead atoms. The smallest absolute Gasteiger partial charge is 0.275 e. The van der Waals surface area contributed by atoms with Crippen molar-refractivity contribution < 1.29 is 14.9 Å². The topological polar surface area (TPSA) is 74.8 Å². The minimum Gasteiger partial charge on any atom is -0.354 e. The molecular weight excluding hydrogens is 218 g/mol. The van der Waals surface area contributed by atoms with Gasteiger partial charge >= 0.3 is 0 Å². The van der Waals surface area contributed by atoms with E-state index >= 15 is 0 Å². The number of rotatable bonds is 5. The van der Waals surface area contributed by atoms with Crippen LogP contribution in [0.15, 0.2) is 0 Å². The zero-order valence-electron chi connectivity index (χ0n) is 10.8. The Balaban J connectivity index is 2.17. The number of amides is 2. The van der Waals surface area contributed by atoms with Crippen molar-refractivity contribution in [3.8, 4) is 0 Å². The zero-order valence-corrected chi connectivity index (χ0v) is 10.8. The van der Waals surface area contributed by atoms with Gasteiger partial charge in [-0.2, -0.15) is 0 Å². The standard InChI is InChI=1S/C12H23N3O2/c1-9-5-3-4-6-10(9)15-12(17)8-14-7-11(16)13-2/h9-10,14H,3-8H2,1-2H3,(H,13,16)(H,15,17)/p+1/t9-,10+/m1/s1. The minimum atomic E-state index is -0.0520. The Morgan fingerprint density at radius 3 is 2.47 bits per heavy atom. The summed E-state index contributed by atoms with van der Waals surface area (Å²) in [7, 11) is 1.60. The summed E-state index contributed by atoms with van der Waals surface area (Å²) < 4.78 is 0. The molecule has 0 spiro atoms. The van der Waals surface area contributed by atoms with Crippen LogP contribution in [-0.4, -0.2) is 38.0 Å². The fraction of sp³-hybridized carbons (Fsp3) is 0.833. The Morgan fingerprint density at radius 2 is 1.82 bits per heavy atom. The van der Waals surface area contributed by atoms with Crippen LogP contribution in [0.2, 0.25) is 0 Å². The maximum absolute atomic E-state index is 11.7. The number of hydrogen-bond donors (Lipinski definition) is 3. The van der Waals surface area contributed by atoms with Gasteiger partial charge in [0, 0.05) is 13.1 Å². The van der Waals surface area contributed by atoms with Crippen LogP contribution >= 0.6 is 0 Å². The molecule has 0 unspecified atom stereocenters. The molecule has 1 saturated carbocycles. The maximum atomic E-state index is 11.7. The Bertz CT molecular complexity index is 268.